The molecule has 2 nitrogen and oxygen atoms in total. The lowest BCUT2D eigenvalue weighted by molar-refractivity contribution is 0.831. The van der Waals surface area contributed by atoms with Crippen LogP contribution in [0, 0.1) is 6.92 Å². The van der Waals surface area contributed by atoms with Gasteiger partial charge < -0.3 is 9.47 Å². The van der Waals surface area contributed by atoms with Crippen molar-refractivity contribution < 1.29 is 0 Å². The molecule has 0 N–H and O–H groups in total. The first-order valence-corrected chi connectivity index (χ1v) is 15.8. The molecular formula is C43H32N2. The average Bonchev–Trinajstić information content (AvgIpc) is 3.60. The van der Waals surface area contributed by atoms with Crippen molar-refractivity contribution in [3.63, 3.8) is 0 Å². The van der Waals surface area contributed by atoms with E-state index < -0.39 is 0 Å². The van der Waals surface area contributed by atoms with Crippen molar-refractivity contribution in [3.8, 4) is 16.8 Å². The van der Waals surface area contributed by atoms with Crippen molar-refractivity contribution in [1.29, 1.82) is 0 Å². The number of allylic oxidation sites excluding steroid dienone is 2. The van der Waals surface area contributed by atoms with Crippen LogP contribution in [0.15, 0.2) is 158 Å². The predicted octanol–water partition coefficient (Wildman–Crippen LogP) is 11.2. The van der Waals surface area contributed by atoms with Gasteiger partial charge in [-0.05, 0) is 101 Å². The number of hydrogen-bond acceptors (Lipinski definition) is 1. The monoisotopic (exact) mass is 576 g/mol. The van der Waals surface area contributed by atoms with Gasteiger partial charge in [0.2, 0.25) is 0 Å². The van der Waals surface area contributed by atoms with E-state index in [0.29, 0.717) is 0 Å². The number of para-hydroxylation sites is 2. The lowest BCUT2D eigenvalue weighted by atomic mass is 9.89. The molecule has 1 aromatic heterocycles. The summed E-state index contributed by atoms with van der Waals surface area (Å²) in [6.45, 7) is 2.17. The second-order valence-corrected chi connectivity index (χ2v) is 12.2. The quantitative estimate of drug-likeness (QED) is 0.202. The summed E-state index contributed by atoms with van der Waals surface area (Å²) in [6, 6.07) is 53.4. The molecule has 0 fully saturated rings. The minimum Gasteiger partial charge on any atom is -0.333 e. The molecule has 7 aromatic rings. The topological polar surface area (TPSA) is 8.17 Å². The molecule has 0 radical (unpaired) electrons. The Bertz CT molecular complexity index is 2300. The number of anilines is 2. The van der Waals surface area contributed by atoms with Crippen molar-refractivity contribution in [2.75, 3.05) is 4.90 Å². The Hall–Kier alpha value is -5.60. The number of benzene rings is 6. The molecule has 2 aliphatic rings. The Morgan fingerprint density at radius 3 is 2.18 bits per heavy atom. The molecule has 0 spiro atoms. The van der Waals surface area contributed by atoms with Crippen molar-refractivity contribution in [1.82, 2.24) is 4.57 Å². The SMILES string of the molecule is Cc1ccc2c3cc(C4=CCC5C(=C4)c4ccccc4N5c4cccc(-c5ccccc5)c4)ccc3n(-c3ccccc3)c2c1. The van der Waals surface area contributed by atoms with E-state index in [0.717, 1.165) is 6.42 Å². The summed E-state index contributed by atoms with van der Waals surface area (Å²) < 4.78 is 2.40. The minimum atomic E-state index is 0.267. The Kier molecular flexibility index (Phi) is 5.89. The van der Waals surface area contributed by atoms with Crippen LogP contribution >= 0.6 is 0 Å². The summed E-state index contributed by atoms with van der Waals surface area (Å²) >= 11 is 0. The third kappa shape index (κ3) is 4.17. The van der Waals surface area contributed by atoms with Gasteiger partial charge in [0.05, 0.1) is 17.1 Å². The lowest BCUT2D eigenvalue weighted by Gasteiger charge is -2.30. The summed E-state index contributed by atoms with van der Waals surface area (Å²) in [6.07, 6.45) is 5.83. The van der Waals surface area contributed by atoms with Crippen molar-refractivity contribution in [2.24, 2.45) is 0 Å². The molecule has 1 aliphatic heterocycles. The molecule has 1 unspecified atom stereocenters. The largest absolute Gasteiger partial charge is 0.333 e. The van der Waals surface area contributed by atoms with Crippen LogP contribution in [0.4, 0.5) is 11.4 Å². The first-order valence-electron chi connectivity index (χ1n) is 15.8. The highest BCUT2D eigenvalue weighted by Gasteiger charge is 2.36. The minimum absolute atomic E-state index is 0.267. The van der Waals surface area contributed by atoms with Crippen LogP contribution in [0.2, 0.25) is 0 Å². The second kappa shape index (κ2) is 10.2. The smallest absolute Gasteiger partial charge is 0.0633 e. The lowest BCUT2D eigenvalue weighted by Crippen LogP contribution is -2.27. The number of hydrogen-bond donors (Lipinski definition) is 0. The first kappa shape index (κ1) is 25.9. The third-order valence-corrected chi connectivity index (χ3v) is 9.52. The Morgan fingerprint density at radius 2 is 1.31 bits per heavy atom. The fourth-order valence-electron chi connectivity index (χ4n) is 7.44. The molecule has 45 heavy (non-hydrogen) atoms. The van der Waals surface area contributed by atoms with E-state index in [9.17, 15) is 0 Å². The normalized spacial score (nSPS) is 15.6. The van der Waals surface area contributed by atoms with Gasteiger partial charge >= 0.3 is 0 Å². The van der Waals surface area contributed by atoms with E-state index in [-0.39, 0.29) is 6.04 Å². The maximum absolute atomic E-state index is 2.54. The van der Waals surface area contributed by atoms with Crippen molar-refractivity contribution in [3.05, 3.63) is 174 Å². The van der Waals surface area contributed by atoms with Crippen LogP contribution in [0.5, 0.6) is 0 Å². The third-order valence-electron chi connectivity index (χ3n) is 9.52. The van der Waals surface area contributed by atoms with Gasteiger partial charge in [-0.3, -0.25) is 0 Å². The zero-order chi connectivity index (χ0) is 29.9. The fourth-order valence-corrected chi connectivity index (χ4v) is 7.44. The molecule has 0 amide bonds. The molecular weight excluding hydrogens is 544 g/mol. The summed E-state index contributed by atoms with van der Waals surface area (Å²) in [4.78, 5) is 2.54. The van der Waals surface area contributed by atoms with E-state index in [1.165, 1.54) is 77.8 Å². The van der Waals surface area contributed by atoms with Gasteiger partial charge in [-0.1, -0.05) is 103 Å². The molecule has 9 rings (SSSR count). The zero-order valence-electron chi connectivity index (χ0n) is 25.2. The van der Waals surface area contributed by atoms with E-state index in [1.807, 2.05) is 0 Å². The number of aromatic nitrogens is 1. The Balaban J connectivity index is 1.14. The maximum Gasteiger partial charge on any atom is 0.0633 e. The summed E-state index contributed by atoms with van der Waals surface area (Å²) in [7, 11) is 0. The summed E-state index contributed by atoms with van der Waals surface area (Å²) in [5.41, 5.74) is 15.3. The molecule has 2 heteroatoms. The molecule has 0 saturated carbocycles. The average molecular weight is 577 g/mol. The van der Waals surface area contributed by atoms with Gasteiger partial charge in [-0.15, -0.1) is 0 Å². The molecule has 0 bridgehead atoms. The van der Waals surface area contributed by atoms with Crippen LogP contribution in [0.1, 0.15) is 23.1 Å². The standard InChI is InChI=1S/C43H32N2/c1-29-19-22-37-39-28-33(20-23-41(39)44(43(37)25-29)34-14-6-3-7-15-34)32-21-24-42-38(27-32)36-17-8-9-18-40(36)45(42)35-16-10-13-31(26-35)30-11-4-2-5-12-30/h2-23,25-28,42H,24H2,1H3. The highest BCUT2D eigenvalue weighted by molar-refractivity contribution is 6.11. The number of fused-ring (bicyclic) bond motifs is 6. The molecule has 0 saturated heterocycles. The van der Waals surface area contributed by atoms with E-state index >= 15 is 0 Å². The molecule has 1 atom stereocenters. The Labute approximate surface area is 263 Å². The number of nitrogens with zero attached hydrogens (tertiary/aromatic N) is 2. The van der Waals surface area contributed by atoms with Crippen LogP contribution in [0.25, 0.3) is 49.8 Å². The second-order valence-electron chi connectivity index (χ2n) is 12.2. The highest BCUT2D eigenvalue weighted by atomic mass is 15.2. The Morgan fingerprint density at radius 1 is 0.556 bits per heavy atom. The van der Waals surface area contributed by atoms with Crippen molar-refractivity contribution in [2.45, 2.75) is 19.4 Å². The van der Waals surface area contributed by atoms with Crippen molar-refractivity contribution >= 4 is 44.3 Å². The van der Waals surface area contributed by atoms with E-state index in [4.69, 9.17) is 0 Å². The maximum atomic E-state index is 2.54. The van der Waals surface area contributed by atoms with Gasteiger partial charge in [0.15, 0.2) is 0 Å². The fraction of sp³-hybridized carbons (Fsp3) is 0.0698. The molecule has 6 aromatic carbocycles. The van der Waals surface area contributed by atoms with Crippen LogP contribution < -0.4 is 4.90 Å². The van der Waals surface area contributed by atoms with Gasteiger partial charge in [0, 0.05) is 33.4 Å². The van der Waals surface area contributed by atoms with E-state index in [2.05, 4.69) is 174 Å². The zero-order valence-corrected chi connectivity index (χ0v) is 25.2. The number of aryl methyl sites for hydroxylation is 1. The van der Waals surface area contributed by atoms with E-state index in [1.54, 1.807) is 0 Å². The van der Waals surface area contributed by atoms with Gasteiger partial charge in [-0.2, -0.15) is 0 Å². The van der Waals surface area contributed by atoms with Gasteiger partial charge in [0.1, 0.15) is 0 Å². The van der Waals surface area contributed by atoms with Crippen LogP contribution in [-0.2, 0) is 0 Å². The molecule has 214 valence electrons. The van der Waals surface area contributed by atoms with Crippen LogP contribution in [-0.4, -0.2) is 10.6 Å². The molecule has 2 heterocycles. The van der Waals surface area contributed by atoms with Crippen LogP contribution in [0.3, 0.4) is 0 Å². The number of rotatable bonds is 4. The predicted molar refractivity (Wildman–Crippen MR) is 190 cm³/mol. The summed E-state index contributed by atoms with van der Waals surface area (Å²) in [5, 5.41) is 2.58. The highest BCUT2D eigenvalue weighted by Crippen LogP contribution is 2.49. The molecule has 1 aliphatic carbocycles. The van der Waals surface area contributed by atoms with Gasteiger partial charge in [0.25, 0.3) is 0 Å². The van der Waals surface area contributed by atoms with Gasteiger partial charge in [-0.25, -0.2) is 0 Å². The summed E-state index contributed by atoms with van der Waals surface area (Å²) in [5.74, 6) is 0. The first-order chi connectivity index (χ1) is 22.2.